The van der Waals surface area contributed by atoms with E-state index in [0.717, 1.165) is 64.2 Å². The van der Waals surface area contributed by atoms with Crippen LogP contribution >= 0.6 is 0 Å². The van der Waals surface area contributed by atoms with Crippen LogP contribution in [0.15, 0.2) is 24.3 Å². The fraction of sp³-hybridized carbons (Fsp3) is 0.851. The minimum Gasteiger partial charge on any atom is -0.544 e. The van der Waals surface area contributed by atoms with Gasteiger partial charge in [-0.2, -0.15) is 0 Å². The maximum atomic E-state index is 12.7. The summed E-state index contributed by atoms with van der Waals surface area (Å²) in [7, 11) is 5.41. The Morgan fingerprint density at radius 2 is 0.909 bits per heavy atom. The molecule has 0 radical (unpaired) electrons. The van der Waals surface area contributed by atoms with Crippen LogP contribution in [0.2, 0.25) is 0 Å². The minimum absolute atomic E-state index is 0.0375. The van der Waals surface area contributed by atoms with Crippen LogP contribution < -0.4 is 5.11 Å². The summed E-state index contributed by atoms with van der Waals surface area (Å²) in [6, 6.07) is -0.726. The molecule has 8 heteroatoms. The molecule has 0 aromatic rings. The molecular weight excluding hydrogens is 691 g/mol. The van der Waals surface area contributed by atoms with Crippen molar-refractivity contribution in [2.45, 2.75) is 219 Å². The van der Waals surface area contributed by atoms with Crippen molar-refractivity contribution in [1.29, 1.82) is 0 Å². The molecule has 0 heterocycles. The van der Waals surface area contributed by atoms with Crippen LogP contribution in [0, 0.1) is 0 Å². The Hall–Kier alpha value is -2.19. The van der Waals surface area contributed by atoms with Crippen molar-refractivity contribution in [3.8, 4) is 0 Å². The number of nitrogens with zero attached hydrogens (tertiary/aromatic N) is 1. The van der Waals surface area contributed by atoms with Crippen molar-refractivity contribution in [3.63, 3.8) is 0 Å². The van der Waals surface area contributed by atoms with E-state index in [-0.39, 0.29) is 42.7 Å². The topological polar surface area (TPSA) is 102 Å². The predicted octanol–water partition coefficient (Wildman–Crippen LogP) is 11.1. The number of carboxylic acid groups (broad SMARTS) is 1. The van der Waals surface area contributed by atoms with Crippen molar-refractivity contribution in [1.82, 2.24) is 0 Å². The first-order valence-electron chi connectivity index (χ1n) is 22.9. The zero-order chi connectivity index (χ0) is 40.7. The molecule has 55 heavy (non-hydrogen) atoms. The molecule has 0 amide bonds. The van der Waals surface area contributed by atoms with Gasteiger partial charge in [0.05, 0.1) is 40.3 Å². The van der Waals surface area contributed by atoms with Gasteiger partial charge < -0.3 is 28.6 Å². The fourth-order valence-electron chi connectivity index (χ4n) is 6.71. The number of ether oxygens (including phenoxy) is 3. The summed E-state index contributed by atoms with van der Waals surface area (Å²) < 4.78 is 17.2. The van der Waals surface area contributed by atoms with Gasteiger partial charge in [0.2, 0.25) is 0 Å². The molecule has 0 saturated heterocycles. The quantitative estimate of drug-likeness (QED) is 0.0264. The summed E-state index contributed by atoms with van der Waals surface area (Å²) in [6.07, 6.45) is 41.9. The Bertz CT molecular complexity index is 957. The van der Waals surface area contributed by atoms with Crippen LogP contribution in [0.4, 0.5) is 0 Å². The molecule has 0 saturated carbocycles. The highest BCUT2D eigenvalue weighted by Gasteiger charge is 2.25. The van der Waals surface area contributed by atoms with Crippen LogP contribution in [-0.2, 0) is 28.6 Å². The molecule has 0 aromatic carbocycles. The van der Waals surface area contributed by atoms with Crippen LogP contribution in [-0.4, -0.2) is 75.5 Å². The summed E-state index contributed by atoms with van der Waals surface area (Å²) >= 11 is 0. The maximum absolute atomic E-state index is 12.7. The zero-order valence-electron chi connectivity index (χ0n) is 36.6. The number of carboxylic acids is 1. The SMILES string of the molecule is CCCCCCCC/C=C\CCCCCCCC(=O)OCC(COCCC(C(=O)[O-])[N+](C)(C)C)OC(=O)CCCCCCC/C=C\CCCCCCCCC. The Labute approximate surface area is 339 Å². The van der Waals surface area contributed by atoms with E-state index in [4.69, 9.17) is 14.2 Å². The molecule has 0 bridgehead atoms. The molecule has 2 atom stereocenters. The molecule has 0 fully saturated rings. The number of carbonyl (C=O) groups is 3. The summed E-state index contributed by atoms with van der Waals surface area (Å²) in [5, 5.41) is 11.6. The summed E-state index contributed by atoms with van der Waals surface area (Å²) in [6.45, 7) is 4.65. The number of allylic oxidation sites excluding steroid dienone is 4. The molecule has 0 aliphatic carbocycles. The maximum Gasteiger partial charge on any atom is 0.306 e. The summed E-state index contributed by atoms with van der Waals surface area (Å²) in [4.78, 5) is 36.9. The lowest BCUT2D eigenvalue weighted by Gasteiger charge is -2.34. The third kappa shape index (κ3) is 37.2. The Morgan fingerprint density at radius 3 is 1.31 bits per heavy atom. The molecule has 8 nitrogen and oxygen atoms in total. The highest BCUT2D eigenvalue weighted by atomic mass is 16.6. The number of quaternary nitrogens is 1. The van der Waals surface area contributed by atoms with Crippen molar-refractivity contribution in [2.24, 2.45) is 0 Å². The molecule has 0 N–H and O–H groups in total. The van der Waals surface area contributed by atoms with Gasteiger partial charge in [0.15, 0.2) is 6.10 Å². The second-order valence-electron chi connectivity index (χ2n) is 16.6. The van der Waals surface area contributed by atoms with Gasteiger partial charge in [0.25, 0.3) is 0 Å². The summed E-state index contributed by atoms with van der Waals surface area (Å²) in [5.74, 6) is -1.75. The van der Waals surface area contributed by atoms with Gasteiger partial charge in [0.1, 0.15) is 12.6 Å². The average molecular weight is 778 g/mol. The van der Waals surface area contributed by atoms with Crippen LogP contribution in [0.3, 0.4) is 0 Å². The lowest BCUT2D eigenvalue weighted by molar-refractivity contribution is -0.889. The van der Waals surface area contributed by atoms with Crippen LogP contribution in [0.1, 0.15) is 206 Å². The molecule has 0 aliphatic heterocycles. The van der Waals surface area contributed by atoms with Crippen molar-refractivity contribution < 1.29 is 38.2 Å². The van der Waals surface area contributed by atoms with Gasteiger partial charge in [0, 0.05) is 19.3 Å². The molecular formula is C47H87NO7. The second kappa shape index (κ2) is 38.7. The van der Waals surface area contributed by atoms with Crippen molar-refractivity contribution >= 4 is 17.9 Å². The van der Waals surface area contributed by atoms with E-state index in [1.54, 1.807) is 21.1 Å². The van der Waals surface area contributed by atoms with E-state index in [9.17, 15) is 19.5 Å². The number of rotatable bonds is 41. The highest BCUT2D eigenvalue weighted by molar-refractivity contribution is 5.70. The first-order chi connectivity index (χ1) is 26.6. The first-order valence-corrected chi connectivity index (χ1v) is 22.9. The number of carbonyl (C=O) groups excluding carboxylic acids is 3. The Kier molecular flexibility index (Phi) is 37.1. The predicted molar refractivity (Wildman–Crippen MR) is 227 cm³/mol. The van der Waals surface area contributed by atoms with E-state index in [0.29, 0.717) is 12.8 Å². The number of esters is 2. The monoisotopic (exact) mass is 778 g/mol. The first kappa shape index (κ1) is 52.8. The van der Waals surface area contributed by atoms with E-state index in [2.05, 4.69) is 38.2 Å². The van der Waals surface area contributed by atoms with Crippen molar-refractivity contribution in [2.75, 3.05) is 41.0 Å². The van der Waals surface area contributed by atoms with Gasteiger partial charge >= 0.3 is 11.9 Å². The lowest BCUT2D eigenvalue weighted by atomic mass is 10.1. The second-order valence-corrected chi connectivity index (χ2v) is 16.6. The number of likely N-dealkylation sites (N-methyl/N-ethyl adjacent to an activating group) is 1. The van der Waals surface area contributed by atoms with Crippen molar-refractivity contribution in [3.05, 3.63) is 24.3 Å². The van der Waals surface area contributed by atoms with Gasteiger partial charge in [-0.05, 0) is 64.2 Å². The standard InChI is InChI=1S/C47H87NO7/c1-6-8-10-12-14-16-18-20-22-24-26-28-30-32-34-36-38-46(50)55-43(41-53-40-39-44(47(51)52)48(3,4)5)42-54-45(49)37-35-33-31-29-27-25-23-21-19-17-15-13-11-9-7-2/h21-24,43-44H,6-20,25-42H2,1-5H3/b23-21-,24-22-. The van der Waals surface area contributed by atoms with E-state index >= 15 is 0 Å². The van der Waals surface area contributed by atoms with Gasteiger partial charge in [-0.3, -0.25) is 9.59 Å². The molecule has 2 unspecified atom stereocenters. The van der Waals surface area contributed by atoms with Crippen LogP contribution in [0.25, 0.3) is 0 Å². The smallest absolute Gasteiger partial charge is 0.306 e. The fourth-order valence-corrected chi connectivity index (χ4v) is 6.71. The molecule has 0 aliphatic rings. The third-order valence-electron chi connectivity index (χ3n) is 10.3. The molecule has 0 rings (SSSR count). The molecule has 0 aromatic heterocycles. The average Bonchev–Trinajstić information content (AvgIpc) is 3.14. The lowest BCUT2D eigenvalue weighted by Crippen LogP contribution is -2.55. The number of hydrogen-bond donors (Lipinski definition) is 0. The highest BCUT2D eigenvalue weighted by Crippen LogP contribution is 2.14. The largest absolute Gasteiger partial charge is 0.544 e. The van der Waals surface area contributed by atoms with Crippen LogP contribution in [0.5, 0.6) is 0 Å². The Morgan fingerprint density at radius 1 is 0.527 bits per heavy atom. The van der Waals surface area contributed by atoms with E-state index < -0.39 is 18.1 Å². The van der Waals surface area contributed by atoms with E-state index in [1.807, 2.05) is 0 Å². The minimum atomic E-state index is -1.13. The number of hydrogen-bond acceptors (Lipinski definition) is 7. The normalized spacial score (nSPS) is 13.1. The zero-order valence-corrected chi connectivity index (χ0v) is 36.6. The molecule has 0 spiro atoms. The summed E-state index contributed by atoms with van der Waals surface area (Å²) in [5.41, 5.74) is 0. The Balaban J connectivity index is 4.34. The number of aliphatic carboxylic acids is 1. The van der Waals surface area contributed by atoms with E-state index in [1.165, 1.54) is 109 Å². The number of unbranched alkanes of at least 4 members (excludes halogenated alkanes) is 23. The van der Waals surface area contributed by atoms with Gasteiger partial charge in [-0.25, -0.2) is 0 Å². The third-order valence-corrected chi connectivity index (χ3v) is 10.3. The molecule has 322 valence electrons. The van der Waals surface area contributed by atoms with Gasteiger partial charge in [-0.1, -0.05) is 147 Å². The van der Waals surface area contributed by atoms with Gasteiger partial charge in [-0.15, -0.1) is 0 Å².